The molecule has 0 radical (unpaired) electrons. The molecule has 0 saturated heterocycles. The number of hydrogen-bond donors (Lipinski definition) is 2. The van der Waals surface area contributed by atoms with Crippen LogP contribution in [-0.2, 0) is 4.43 Å². The van der Waals surface area contributed by atoms with Crippen molar-refractivity contribution < 1.29 is 14.6 Å². The predicted octanol–water partition coefficient (Wildman–Crippen LogP) is 9.73. The third-order valence-corrected chi connectivity index (χ3v) is 19.6. The summed E-state index contributed by atoms with van der Waals surface area (Å²) in [5, 5.41) is 21.1. The topological polar surface area (TPSA) is 49.7 Å². The van der Waals surface area contributed by atoms with Crippen LogP contribution in [0.15, 0.2) is 0 Å². The van der Waals surface area contributed by atoms with Crippen molar-refractivity contribution in [3.05, 3.63) is 0 Å². The second kappa shape index (κ2) is 12.2. The molecule has 0 aromatic rings. The summed E-state index contributed by atoms with van der Waals surface area (Å²) in [5.41, 5.74) is -0.997. The van der Waals surface area contributed by atoms with Crippen LogP contribution < -0.4 is 0 Å². The molecule has 0 aromatic heterocycles. The van der Waals surface area contributed by atoms with E-state index in [2.05, 4.69) is 81.6 Å². The first-order valence-electron chi connectivity index (χ1n) is 14.9. The quantitative estimate of drug-likeness (QED) is 0.179. The average Bonchev–Trinajstić information content (AvgIpc) is 2.67. The Bertz CT molecular complexity index is 674. The van der Waals surface area contributed by atoms with E-state index < -0.39 is 27.6 Å². The zero-order valence-electron chi connectivity index (χ0n) is 27.7. The Morgan fingerprint density at radius 2 is 1.08 bits per heavy atom. The van der Waals surface area contributed by atoms with E-state index >= 15 is 0 Å². The molecular weight excluding hydrogens is 477 g/mol. The number of aliphatic hydroxyl groups is 2. The van der Waals surface area contributed by atoms with Gasteiger partial charge in [-0.25, -0.2) is 0 Å². The average molecular weight is 545 g/mol. The summed E-state index contributed by atoms with van der Waals surface area (Å²) in [6.45, 7) is 36.6. The standard InChI is InChI=1S/C31H68O3Si2/c1-17-29(10,25-28(8,9)33)20-21-30(11,18-2)36(15,16)34-31(12,19-3)35(13,14)23-22-26(4,5)24-27(6,7)32/h32-33H,17-25H2,1-16H3. The molecule has 0 fully saturated rings. The highest BCUT2D eigenvalue weighted by Gasteiger charge is 2.52. The van der Waals surface area contributed by atoms with Crippen LogP contribution in [0.1, 0.15) is 134 Å². The van der Waals surface area contributed by atoms with Crippen molar-refractivity contribution in [2.75, 3.05) is 0 Å². The molecule has 36 heavy (non-hydrogen) atoms. The molecule has 2 N–H and O–H groups in total. The second-order valence-electron chi connectivity index (χ2n) is 16.3. The van der Waals surface area contributed by atoms with Gasteiger partial charge in [-0.1, -0.05) is 86.9 Å². The van der Waals surface area contributed by atoms with Gasteiger partial charge in [0.25, 0.3) is 0 Å². The molecule has 0 heterocycles. The normalized spacial score (nSPS) is 19.5. The van der Waals surface area contributed by atoms with Gasteiger partial charge in [-0.2, -0.15) is 0 Å². The minimum Gasteiger partial charge on any atom is -0.414 e. The zero-order chi connectivity index (χ0) is 29.1. The first-order chi connectivity index (χ1) is 15.7. The van der Waals surface area contributed by atoms with Crippen LogP contribution in [0.25, 0.3) is 0 Å². The maximum absolute atomic E-state index is 10.5. The van der Waals surface area contributed by atoms with Crippen LogP contribution in [-0.4, -0.2) is 43.0 Å². The van der Waals surface area contributed by atoms with Crippen LogP contribution >= 0.6 is 0 Å². The summed E-state index contributed by atoms with van der Waals surface area (Å²) in [7, 11) is -3.82. The van der Waals surface area contributed by atoms with Crippen molar-refractivity contribution in [2.24, 2.45) is 10.8 Å². The monoisotopic (exact) mass is 544 g/mol. The van der Waals surface area contributed by atoms with Crippen LogP contribution in [0, 0.1) is 10.8 Å². The highest BCUT2D eigenvalue weighted by molar-refractivity contribution is 6.82. The van der Waals surface area contributed by atoms with E-state index in [1.165, 1.54) is 6.04 Å². The molecular formula is C31H68O3Si2. The second-order valence-corrected chi connectivity index (χ2v) is 26.1. The van der Waals surface area contributed by atoms with Gasteiger partial charge in [0, 0.05) is 5.22 Å². The van der Waals surface area contributed by atoms with Gasteiger partial charge in [0.2, 0.25) is 0 Å². The third kappa shape index (κ3) is 10.8. The Labute approximate surface area is 229 Å². The molecule has 0 amide bonds. The lowest BCUT2D eigenvalue weighted by Crippen LogP contribution is -2.61. The highest BCUT2D eigenvalue weighted by Crippen LogP contribution is 2.52. The molecule has 0 aliphatic carbocycles. The number of rotatable bonds is 17. The van der Waals surface area contributed by atoms with Gasteiger partial charge in [-0.05, 0) is 95.7 Å². The van der Waals surface area contributed by atoms with Gasteiger partial charge in [-0.15, -0.1) is 0 Å². The smallest absolute Gasteiger partial charge is 0.192 e. The first kappa shape index (κ1) is 36.3. The predicted molar refractivity (Wildman–Crippen MR) is 166 cm³/mol. The zero-order valence-corrected chi connectivity index (χ0v) is 29.7. The number of hydrogen-bond acceptors (Lipinski definition) is 3. The van der Waals surface area contributed by atoms with Gasteiger partial charge in [-0.3, -0.25) is 0 Å². The lowest BCUT2D eigenvalue weighted by molar-refractivity contribution is 0.0195. The van der Waals surface area contributed by atoms with Gasteiger partial charge >= 0.3 is 0 Å². The molecule has 0 aliphatic heterocycles. The van der Waals surface area contributed by atoms with Crippen LogP contribution in [0.5, 0.6) is 0 Å². The summed E-state index contributed by atoms with van der Waals surface area (Å²) in [4.78, 5) is 0. The van der Waals surface area contributed by atoms with E-state index in [4.69, 9.17) is 4.43 Å². The minimum atomic E-state index is -2.08. The molecule has 0 bridgehead atoms. The lowest BCUT2D eigenvalue weighted by atomic mass is 9.73. The molecule has 0 saturated carbocycles. The molecule has 3 unspecified atom stereocenters. The molecule has 0 spiro atoms. The van der Waals surface area contributed by atoms with E-state index in [1.807, 2.05) is 27.7 Å². The summed E-state index contributed by atoms with van der Waals surface area (Å²) in [6, 6.07) is 1.22. The SMILES string of the molecule is CCC(C)(CCC(C)(CC)[Si](C)(C)OC(C)(CC)[Si](C)(C)CCC(C)(C)CC(C)(C)O)CC(C)(C)O. The molecule has 3 nitrogen and oxygen atoms in total. The maximum Gasteiger partial charge on any atom is 0.192 e. The van der Waals surface area contributed by atoms with E-state index in [9.17, 15) is 10.2 Å². The fourth-order valence-electron chi connectivity index (χ4n) is 6.47. The van der Waals surface area contributed by atoms with Crippen molar-refractivity contribution >= 4 is 16.4 Å². The van der Waals surface area contributed by atoms with Gasteiger partial charge in [0.05, 0.1) is 19.3 Å². The summed E-state index contributed by atoms with van der Waals surface area (Å²) in [6.07, 6.45) is 8.36. The fourth-order valence-corrected chi connectivity index (χ4v) is 14.2. The Morgan fingerprint density at radius 3 is 1.44 bits per heavy atom. The van der Waals surface area contributed by atoms with Crippen molar-refractivity contribution in [1.29, 1.82) is 0 Å². The van der Waals surface area contributed by atoms with Crippen LogP contribution in [0.3, 0.4) is 0 Å². The molecule has 0 aliphatic rings. The summed E-state index contributed by atoms with van der Waals surface area (Å²) >= 11 is 0. The molecule has 5 heteroatoms. The van der Waals surface area contributed by atoms with E-state index in [0.29, 0.717) is 0 Å². The maximum atomic E-state index is 10.5. The first-order valence-corrected chi connectivity index (χ1v) is 21.0. The van der Waals surface area contributed by atoms with Crippen molar-refractivity contribution in [3.8, 4) is 0 Å². The van der Waals surface area contributed by atoms with Crippen molar-refractivity contribution in [1.82, 2.24) is 0 Å². The third-order valence-electron chi connectivity index (χ3n) is 10.2. The Balaban J connectivity index is 5.80. The van der Waals surface area contributed by atoms with E-state index in [-0.39, 0.29) is 21.1 Å². The van der Waals surface area contributed by atoms with Gasteiger partial charge < -0.3 is 14.6 Å². The molecule has 0 aromatic carbocycles. The lowest BCUT2D eigenvalue weighted by Gasteiger charge is -2.53. The Morgan fingerprint density at radius 1 is 0.611 bits per heavy atom. The van der Waals surface area contributed by atoms with Gasteiger partial charge in [0.1, 0.15) is 0 Å². The summed E-state index contributed by atoms with van der Waals surface area (Å²) < 4.78 is 7.46. The van der Waals surface area contributed by atoms with E-state index in [0.717, 1.165) is 51.4 Å². The van der Waals surface area contributed by atoms with E-state index in [1.54, 1.807) is 0 Å². The van der Waals surface area contributed by atoms with Crippen molar-refractivity contribution in [3.63, 3.8) is 0 Å². The highest BCUT2D eigenvalue weighted by atomic mass is 28.4. The largest absolute Gasteiger partial charge is 0.414 e. The minimum absolute atomic E-state index is 0.0644. The van der Waals surface area contributed by atoms with Gasteiger partial charge in [0.15, 0.2) is 8.32 Å². The Hall–Kier alpha value is 0.314. The molecule has 0 rings (SSSR count). The fraction of sp³-hybridized carbons (Fsp3) is 1.00. The molecule has 3 atom stereocenters. The summed E-state index contributed by atoms with van der Waals surface area (Å²) in [5.74, 6) is 0. The molecule has 218 valence electrons. The van der Waals surface area contributed by atoms with Crippen LogP contribution in [0.4, 0.5) is 0 Å². The Kier molecular flexibility index (Phi) is 12.3. The van der Waals surface area contributed by atoms with Crippen LogP contribution in [0.2, 0.25) is 37.3 Å². The van der Waals surface area contributed by atoms with Crippen molar-refractivity contribution in [2.45, 2.75) is 188 Å².